The number of benzene rings is 3. The van der Waals surface area contributed by atoms with Crippen molar-refractivity contribution in [2.24, 2.45) is 23.1 Å². The molecule has 3 fully saturated rings. The van der Waals surface area contributed by atoms with E-state index in [1.165, 1.54) is 79.6 Å². The number of carbonyl (C=O) groups is 17. The summed E-state index contributed by atoms with van der Waals surface area (Å²) < 4.78 is 0. The number of carbonyl (C=O) groups excluding carboxylic acids is 16. The highest BCUT2D eigenvalue weighted by atomic mass is 32.2. The molecule has 3 aromatic heterocycles. The van der Waals surface area contributed by atoms with E-state index in [0.29, 0.717) is 70.6 Å². The standard InChI is InChI=1S/C94H133N23O20S/c1-8-11-27-73-87(131)107-66(26-19-37-100-94(97)98)85(129)112-72(83(127)103-48-78(96)121)50-138-51-79(122)105-70(39-54-30-32-59(118)33-31-54)89(133)113(5)53(4)81(125)108-67(25-17-18-36-95)91(135)116-38-20-29-74(116)88(132)110-69(43-58-47-99-52-104-58)86(130)109-68(34-35-80(123)124)92(136)117-49-60(119)44-76(117)77(120)42-55(40-56-45-101-64-23-15-13-21-61(56)64)82(126)106-63(10-3)84(128)111-71(41-57-46-102-65-24-16-14-22-62(57)65)90(134)115(7)75(28-12-9-2)93(137)114(73)6/h13-16,21-24,30-33,45-47,52-53,55,60,63,66-76,101-102,118-119H,8-12,17-20,25-29,34-44,48-51,95H2,1-7H3,(H2,96,121)(H,99,104)(H,103,127)(H,105,122)(H,106,126)(H,107,131)(H,108,125)(H,109,130)(H,110,132)(H,111,128)(H,112,129)(H,123,124)(H4,97,98,100)/t53-,55+,60+,63-,66-,67-,68-,69-,70-,71-,72-,73-,74-,75-,76-/m0/s1. The Kier molecular flexibility index (Phi) is 41.3. The number of phenolic OH excluding ortho intramolecular Hbond substituents is 1. The van der Waals surface area contributed by atoms with Gasteiger partial charge in [-0.2, -0.15) is 0 Å². The van der Waals surface area contributed by atoms with Gasteiger partial charge in [-0.3, -0.25) is 86.9 Å². The summed E-state index contributed by atoms with van der Waals surface area (Å²) in [6.45, 7) is 5.60. The number of H-pyrrole nitrogens is 3. The van der Waals surface area contributed by atoms with Gasteiger partial charge in [-0.25, -0.2) is 4.98 Å². The summed E-state index contributed by atoms with van der Waals surface area (Å²) in [5.74, 6) is -18.1. The van der Waals surface area contributed by atoms with E-state index in [2.05, 4.69) is 73.1 Å². The maximum atomic E-state index is 15.8. The van der Waals surface area contributed by atoms with Crippen molar-refractivity contribution in [1.29, 1.82) is 5.41 Å². The summed E-state index contributed by atoms with van der Waals surface area (Å²) in [6, 6.07) is 0.731. The number of para-hydroxylation sites is 2. The van der Waals surface area contributed by atoms with Gasteiger partial charge in [0.25, 0.3) is 0 Å². The van der Waals surface area contributed by atoms with Crippen LogP contribution >= 0.6 is 11.8 Å². The number of unbranched alkanes of at least 4 members (excludes halogenated alkanes) is 3. The number of guanidine groups is 1. The molecule has 138 heavy (non-hydrogen) atoms. The number of aromatic hydroxyl groups is 1. The third-order valence-electron chi connectivity index (χ3n) is 25.3. The van der Waals surface area contributed by atoms with E-state index in [-0.39, 0.29) is 121 Å². The molecule has 9 rings (SSSR count). The number of phenols is 1. The van der Waals surface area contributed by atoms with Crippen molar-refractivity contribution in [1.82, 2.24) is 97.6 Å². The van der Waals surface area contributed by atoms with Crippen LogP contribution in [0.5, 0.6) is 5.75 Å². The Hall–Kier alpha value is -13.5. The fourth-order valence-corrected chi connectivity index (χ4v) is 18.3. The number of likely N-dealkylation sites (N-methyl/N-ethyl adjacent to an activating group) is 3. The second-order valence-corrected chi connectivity index (χ2v) is 36.4. The Labute approximate surface area is 803 Å². The summed E-state index contributed by atoms with van der Waals surface area (Å²) in [7, 11) is 4.04. The molecule has 15 atom stereocenters. The minimum Gasteiger partial charge on any atom is -0.508 e. The van der Waals surface area contributed by atoms with Crippen molar-refractivity contribution in [3.63, 3.8) is 0 Å². The molecule has 0 bridgehead atoms. The van der Waals surface area contributed by atoms with Gasteiger partial charge in [0.05, 0.1) is 36.5 Å². The Morgan fingerprint density at radius 3 is 1.76 bits per heavy atom. The first-order valence-electron chi connectivity index (χ1n) is 47.0. The number of imidazole rings is 1. The van der Waals surface area contributed by atoms with E-state index >= 15 is 47.9 Å². The number of aliphatic hydroxyl groups is 1. The summed E-state index contributed by atoms with van der Waals surface area (Å²) in [5.41, 5.74) is 20.2. The Balaban J connectivity index is 1.11. The lowest BCUT2D eigenvalue weighted by Gasteiger charge is -2.36. The van der Waals surface area contributed by atoms with E-state index in [4.69, 9.17) is 22.6 Å². The molecule has 6 heterocycles. The van der Waals surface area contributed by atoms with E-state index < -0.39 is 241 Å². The second-order valence-electron chi connectivity index (χ2n) is 35.4. The van der Waals surface area contributed by atoms with E-state index in [1.807, 2.05) is 19.9 Å². The molecule has 750 valence electrons. The number of amides is 15. The van der Waals surface area contributed by atoms with Crippen LogP contribution in [0.4, 0.5) is 0 Å². The van der Waals surface area contributed by atoms with Crippen LogP contribution in [0.1, 0.15) is 166 Å². The molecule has 3 aliphatic heterocycles. The number of aliphatic carboxylic acids is 1. The van der Waals surface area contributed by atoms with Crippen LogP contribution in [-0.4, -0.2) is 316 Å². The molecule has 3 saturated heterocycles. The third kappa shape index (κ3) is 30.5. The molecule has 44 heteroatoms. The van der Waals surface area contributed by atoms with Crippen LogP contribution < -0.4 is 70.4 Å². The molecule has 3 aliphatic rings. The number of aromatic nitrogens is 4. The second kappa shape index (κ2) is 52.7. The molecule has 0 saturated carbocycles. The molecule has 43 nitrogen and oxygen atoms in total. The zero-order valence-electron chi connectivity index (χ0n) is 79.0. The molecule has 15 amide bonds. The average Bonchev–Trinajstić information content (AvgIpc) is 1.62. The molecule has 0 aliphatic carbocycles. The topological polar surface area (TPSA) is 650 Å². The van der Waals surface area contributed by atoms with Crippen molar-refractivity contribution in [2.75, 3.05) is 65.4 Å². The number of Topliss-reactive ketones (excluding diaryl/α,β-unsaturated/α-hetero) is 1. The molecule has 23 N–H and O–H groups in total. The van der Waals surface area contributed by atoms with Crippen LogP contribution in [-0.2, 0) is 107 Å². The van der Waals surface area contributed by atoms with Gasteiger partial charge in [0, 0.05) is 131 Å². The zero-order chi connectivity index (χ0) is 101. The number of hydrogen-bond donors (Lipinski definition) is 20. The van der Waals surface area contributed by atoms with Crippen molar-refractivity contribution in [3.8, 4) is 5.75 Å². The molecule has 0 spiro atoms. The fraction of sp³-hybridized carbons (Fsp3) is 0.543. The summed E-state index contributed by atoms with van der Waals surface area (Å²) in [6.07, 6.45) is 3.72. The number of carboxylic acids is 1. The Morgan fingerprint density at radius 2 is 1.13 bits per heavy atom. The first kappa shape index (κ1) is 108. The van der Waals surface area contributed by atoms with Crippen LogP contribution in [0, 0.1) is 11.3 Å². The lowest BCUT2D eigenvalue weighted by Crippen LogP contribution is -2.60. The van der Waals surface area contributed by atoms with Crippen molar-refractivity contribution in [2.45, 2.75) is 254 Å². The first-order valence-corrected chi connectivity index (χ1v) is 48.1. The van der Waals surface area contributed by atoms with Crippen LogP contribution in [0.25, 0.3) is 21.8 Å². The third-order valence-corrected chi connectivity index (χ3v) is 26.3. The number of aliphatic hydroxyl groups excluding tert-OH is 1. The van der Waals surface area contributed by atoms with E-state index in [1.54, 1.807) is 61.8 Å². The smallest absolute Gasteiger partial charge is 0.303 e. The summed E-state index contributed by atoms with van der Waals surface area (Å²) >= 11 is 0.789. The number of nitrogens with two attached hydrogens (primary N) is 3. The predicted molar refractivity (Wildman–Crippen MR) is 511 cm³/mol. The number of nitrogens with one attached hydrogen (secondary N) is 14. The number of thioether (sulfide) groups is 1. The van der Waals surface area contributed by atoms with E-state index in [0.717, 1.165) is 21.6 Å². The highest BCUT2D eigenvalue weighted by Gasteiger charge is 2.47. The van der Waals surface area contributed by atoms with Gasteiger partial charge >= 0.3 is 5.97 Å². The number of fused-ring (bicyclic) bond motifs is 4. The fourth-order valence-electron chi connectivity index (χ4n) is 17.4. The molecular weight excluding hydrogens is 1800 g/mol. The van der Waals surface area contributed by atoms with Gasteiger partial charge in [0.1, 0.15) is 78.3 Å². The highest BCUT2D eigenvalue weighted by molar-refractivity contribution is 8.00. The van der Waals surface area contributed by atoms with Gasteiger partial charge in [-0.1, -0.05) is 95.0 Å². The number of ketones is 1. The molecule has 3 aromatic carbocycles. The summed E-state index contributed by atoms with van der Waals surface area (Å²) in [5, 5.41) is 68.1. The number of primary amides is 1. The minimum absolute atomic E-state index is 0.000625. The maximum Gasteiger partial charge on any atom is 0.303 e. The highest BCUT2D eigenvalue weighted by Crippen LogP contribution is 2.30. The number of aromatic amines is 3. The molecular formula is C94H133N23O20S. The quantitative estimate of drug-likeness (QED) is 0.0162. The number of carboxylic acid groups (broad SMARTS) is 1. The van der Waals surface area contributed by atoms with Crippen LogP contribution in [0.2, 0.25) is 0 Å². The van der Waals surface area contributed by atoms with Gasteiger partial charge < -0.3 is 125 Å². The van der Waals surface area contributed by atoms with Gasteiger partial charge in [-0.15, -0.1) is 11.8 Å². The van der Waals surface area contributed by atoms with Crippen molar-refractivity contribution in [3.05, 3.63) is 120 Å². The monoisotopic (exact) mass is 1940 g/mol. The Morgan fingerprint density at radius 1 is 0.558 bits per heavy atom. The number of nitrogens with zero attached hydrogens (tertiary/aromatic N) is 6. The zero-order valence-corrected chi connectivity index (χ0v) is 79.8. The van der Waals surface area contributed by atoms with Gasteiger partial charge in [-0.05, 0) is 131 Å². The molecule has 0 radical (unpaired) electrons. The Bertz CT molecular complexity index is 5270. The van der Waals surface area contributed by atoms with Crippen molar-refractivity contribution >= 4 is 140 Å². The van der Waals surface area contributed by atoms with E-state index in [9.17, 15) is 48.9 Å². The predicted octanol–water partition coefficient (Wildman–Crippen LogP) is -0.348. The lowest BCUT2D eigenvalue weighted by atomic mass is 9.90. The summed E-state index contributed by atoms with van der Waals surface area (Å²) in [4.78, 5) is 271. The lowest BCUT2D eigenvalue weighted by molar-refractivity contribution is -0.149. The largest absolute Gasteiger partial charge is 0.508 e. The maximum absolute atomic E-state index is 15.8. The molecule has 0 unspecified atom stereocenters. The SMILES string of the molecule is CCCC[C@H]1C(=O)N(C)[C@@H](CCCC)C(=O)N[C@@H](CCCNC(=N)N)C(=O)N[C@H](C(=O)NCC(N)=O)CSCC(=O)N[C@@H](Cc2ccc(O)cc2)C(=O)N(C)[C@@H](C)C(=O)N[C@@H](CCCCN)C(=O)N2CCC[C@H]2C(=O)N[C@@H](Cc2c[nH]cn2)C(=O)N[C@@H](CCC(=O)O)C(=O)N2C[C@H](O)C[C@H]2C(=O)C[C@@H](Cc2c[nH]c3ccccc23)C(=O)N[C@@H](CC)C(=O)N[C@@H](Cc2c[nH]c3ccccc23)C(=O)N1C. The average molecular weight is 1940 g/mol. The van der Waals surface area contributed by atoms with Crippen LogP contribution in [0.15, 0.2) is 97.7 Å². The normalized spacial score (nSPS) is 24.5. The number of hydrogen-bond acceptors (Lipinski definition) is 23. The van der Waals surface area contributed by atoms with Crippen LogP contribution in [0.3, 0.4) is 0 Å². The number of rotatable bonds is 29. The molecule has 6 aromatic rings. The van der Waals surface area contributed by atoms with Gasteiger partial charge in [0.2, 0.25) is 88.6 Å². The van der Waals surface area contributed by atoms with Crippen molar-refractivity contribution < 1.29 is 96.8 Å². The first-order chi connectivity index (χ1) is 65.9. The minimum atomic E-state index is -1.77. The van der Waals surface area contributed by atoms with Gasteiger partial charge in [0.15, 0.2) is 11.7 Å².